The molecule has 4 heteroatoms. The molecule has 4 nitrogen and oxygen atoms in total. The molecule has 2 fully saturated rings. The van der Waals surface area contributed by atoms with Gasteiger partial charge in [-0.05, 0) is 6.42 Å². The zero-order valence-corrected chi connectivity index (χ0v) is 6.29. The Morgan fingerprint density at radius 2 is 2.27 bits per heavy atom. The number of nitrogens with zero attached hydrogens (tertiary/aromatic N) is 1. The summed E-state index contributed by atoms with van der Waals surface area (Å²) in [7, 11) is 0. The predicted molar refractivity (Wildman–Crippen MR) is 39.4 cm³/mol. The van der Waals surface area contributed by atoms with Gasteiger partial charge in [-0.2, -0.15) is 0 Å². The van der Waals surface area contributed by atoms with E-state index in [1.54, 1.807) is 0 Å². The van der Waals surface area contributed by atoms with Gasteiger partial charge in [0.2, 0.25) is 0 Å². The van der Waals surface area contributed by atoms with Crippen LogP contribution >= 0.6 is 0 Å². The van der Waals surface area contributed by atoms with E-state index in [9.17, 15) is 4.79 Å². The van der Waals surface area contributed by atoms with Crippen molar-refractivity contribution in [2.45, 2.75) is 18.5 Å². The van der Waals surface area contributed by atoms with Crippen LogP contribution < -0.4 is 5.32 Å². The number of rotatable bonds is 2. The lowest BCUT2D eigenvalue weighted by molar-refractivity contribution is -0.151. The van der Waals surface area contributed by atoms with Crippen LogP contribution in [-0.2, 0) is 4.79 Å². The van der Waals surface area contributed by atoms with Crippen LogP contribution in [0.1, 0.15) is 6.42 Å². The van der Waals surface area contributed by atoms with E-state index >= 15 is 0 Å². The Bertz CT molecular complexity index is 179. The molecule has 2 heterocycles. The number of hydrogen-bond donors (Lipinski definition) is 2. The fourth-order valence-corrected chi connectivity index (χ4v) is 1.62. The fourth-order valence-electron chi connectivity index (χ4n) is 1.62. The second-order valence-electron chi connectivity index (χ2n) is 3.19. The number of carboxylic acid groups (broad SMARTS) is 1. The predicted octanol–water partition coefficient (Wildman–Crippen LogP) is -0.883. The maximum Gasteiger partial charge on any atom is 0.320 e. The smallest absolute Gasteiger partial charge is 0.320 e. The molecule has 2 N–H and O–H groups in total. The number of hydrogen-bond acceptors (Lipinski definition) is 3. The molecular formula is C7H12N2O2. The Labute approximate surface area is 65.2 Å². The van der Waals surface area contributed by atoms with Crippen LogP contribution in [0, 0.1) is 0 Å². The van der Waals surface area contributed by atoms with Crippen molar-refractivity contribution in [2.75, 3.05) is 19.6 Å². The highest BCUT2D eigenvalue weighted by Crippen LogP contribution is 2.22. The first kappa shape index (κ1) is 7.06. The molecule has 0 spiro atoms. The zero-order chi connectivity index (χ0) is 7.84. The highest BCUT2D eigenvalue weighted by atomic mass is 16.4. The van der Waals surface area contributed by atoms with Crippen molar-refractivity contribution < 1.29 is 9.90 Å². The van der Waals surface area contributed by atoms with Crippen molar-refractivity contribution >= 4 is 5.97 Å². The molecule has 1 atom stereocenters. The van der Waals surface area contributed by atoms with Crippen LogP contribution in [0.25, 0.3) is 0 Å². The summed E-state index contributed by atoms with van der Waals surface area (Å²) in [4.78, 5) is 12.6. The third kappa shape index (κ3) is 1.02. The third-order valence-corrected chi connectivity index (χ3v) is 2.58. The lowest BCUT2D eigenvalue weighted by Crippen LogP contribution is -2.66. The minimum atomic E-state index is -0.664. The number of carboxylic acids is 1. The minimum absolute atomic E-state index is 0.193. The van der Waals surface area contributed by atoms with Crippen molar-refractivity contribution in [3.05, 3.63) is 0 Å². The van der Waals surface area contributed by atoms with Crippen molar-refractivity contribution in [2.24, 2.45) is 0 Å². The van der Waals surface area contributed by atoms with Crippen molar-refractivity contribution in [3.8, 4) is 0 Å². The van der Waals surface area contributed by atoms with Gasteiger partial charge in [-0.15, -0.1) is 0 Å². The van der Waals surface area contributed by atoms with Gasteiger partial charge >= 0.3 is 5.97 Å². The van der Waals surface area contributed by atoms with Gasteiger partial charge in [0.1, 0.15) is 6.04 Å². The van der Waals surface area contributed by atoms with Gasteiger partial charge < -0.3 is 10.4 Å². The number of carbonyl (C=O) groups is 1. The number of nitrogens with one attached hydrogen (secondary N) is 1. The first-order valence-corrected chi connectivity index (χ1v) is 3.98. The second-order valence-corrected chi connectivity index (χ2v) is 3.19. The largest absolute Gasteiger partial charge is 0.480 e. The Morgan fingerprint density at radius 1 is 1.55 bits per heavy atom. The fraction of sp³-hybridized carbons (Fsp3) is 0.857. The van der Waals surface area contributed by atoms with E-state index in [1.807, 2.05) is 0 Å². The molecule has 62 valence electrons. The first-order valence-electron chi connectivity index (χ1n) is 3.98. The van der Waals surface area contributed by atoms with Crippen molar-refractivity contribution in [1.29, 1.82) is 0 Å². The highest BCUT2D eigenvalue weighted by molar-refractivity contribution is 5.74. The summed E-state index contributed by atoms with van der Waals surface area (Å²) in [6.07, 6.45) is 0.825. The molecule has 0 amide bonds. The van der Waals surface area contributed by atoms with Crippen LogP contribution in [0.2, 0.25) is 0 Å². The second kappa shape index (κ2) is 2.46. The standard InChI is InChI=1S/C7H12N2O2/c10-7(11)6-1-2-9(6)5-3-8-4-5/h5-6,8H,1-4H2,(H,10,11). The molecule has 2 aliphatic rings. The maximum absolute atomic E-state index is 10.6. The molecule has 0 aromatic carbocycles. The first-order chi connectivity index (χ1) is 5.29. The van der Waals surface area contributed by atoms with E-state index in [0.717, 1.165) is 26.1 Å². The molecule has 0 aliphatic carbocycles. The SMILES string of the molecule is O=C(O)C1CCN1C1CNC1. The summed E-state index contributed by atoms with van der Waals surface area (Å²) in [5, 5.41) is 11.8. The lowest BCUT2D eigenvalue weighted by atomic mass is 9.97. The van der Waals surface area contributed by atoms with Crippen LogP contribution in [0.3, 0.4) is 0 Å². The molecule has 11 heavy (non-hydrogen) atoms. The van der Waals surface area contributed by atoms with Gasteiger partial charge in [0.25, 0.3) is 0 Å². The summed E-state index contributed by atoms with van der Waals surface area (Å²) >= 11 is 0. The van der Waals surface area contributed by atoms with Crippen LogP contribution in [0.5, 0.6) is 0 Å². The summed E-state index contributed by atoms with van der Waals surface area (Å²) in [5.41, 5.74) is 0. The average molecular weight is 156 g/mol. The Morgan fingerprint density at radius 3 is 2.55 bits per heavy atom. The van der Waals surface area contributed by atoms with Gasteiger partial charge in [-0.25, -0.2) is 0 Å². The highest BCUT2D eigenvalue weighted by Gasteiger charge is 2.40. The molecule has 0 aromatic heterocycles. The van der Waals surface area contributed by atoms with E-state index in [4.69, 9.17) is 5.11 Å². The van der Waals surface area contributed by atoms with Gasteiger partial charge in [0, 0.05) is 25.7 Å². The quantitative estimate of drug-likeness (QED) is 0.545. The van der Waals surface area contributed by atoms with Crippen molar-refractivity contribution in [1.82, 2.24) is 10.2 Å². The van der Waals surface area contributed by atoms with E-state index in [2.05, 4.69) is 10.2 Å². The van der Waals surface area contributed by atoms with E-state index in [0.29, 0.717) is 6.04 Å². The van der Waals surface area contributed by atoms with Gasteiger partial charge in [-0.3, -0.25) is 9.69 Å². The molecule has 0 bridgehead atoms. The average Bonchev–Trinajstić information content (AvgIpc) is 1.73. The van der Waals surface area contributed by atoms with Gasteiger partial charge in [0.05, 0.1) is 0 Å². The topological polar surface area (TPSA) is 52.6 Å². The molecule has 2 aliphatic heterocycles. The molecule has 2 saturated heterocycles. The Hall–Kier alpha value is -0.610. The molecular weight excluding hydrogens is 144 g/mol. The number of likely N-dealkylation sites (tertiary alicyclic amines) is 1. The maximum atomic E-state index is 10.6. The van der Waals surface area contributed by atoms with Crippen LogP contribution in [-0.4, -0.2) is 47.7 Å². The van der Waals surface area contributed by atoms with E-state index < -0.39 is 5.97 Å². The third-order valence-electron chi connectivity index (χ3n) is 2.58. The molecule has 0 aromatic rings. The van der Waals surface area contributed by atoms with E-state index in [1.165, 1.54) is 0 Å². The lowest BCUT2D eigenvalue weighted by Gasteiger charge is -2.47. The summed E-state index contributed by atoms with van der Waals surface area (Å²) in [6, 6.07) is 0.298. The molecule has 1 unspecified atom stereocenters. The zero-order valence-electron chi connectivity index (χ0n) is 6.29. The number of aliphatic carboxylic acids is 1. The molecule has 0 radical (unpaired) electrons. The Balaban J connectivity index is 1.89. The van der Waals surface area contributed by atoms with Crippen LogP contribution in [0.4, 0.5) is 0 Å². The monoisotopic (exact) mass is 156 g/mol. The van der Waals surface area contributed by atoms with Gasteiger partial charge in [0.15, 0.2) is 0 Å². The summed E-state index contributed by atoms with van der Waals surface area (Å²) in [6.45, 7) is 2.89. The summed E-state index contributed by atoms with van der Waals surface area (Å²) < 4.78 is 0. The Kier molecular flexibility index (Phi) is 1.58. The normalized spacial score (nSPS) is 32.5. The van der Waals surface area contributed by atoms with Crippen molar-refractivity contribution in [3.63, 3.8) is 0 Å². The minimum Gasteiger partial charge on any atom is -0.480 e. The van der Waals surface area contributed by atoms with Crippen LogP contribution in [0.15, 0.2) is 0 Å². The summed E-state index contributed by atoms with van der Waals surface area (Å²) in [5.74, 6) is -0.664. The molecule has 0 saturated carbocycles. The van der Waals surface area contributed by atoms with E-state index in [-0.39, 0.29) is 6.04 Å². The molecule has 2 rings (SSSR count). The van der Waals surface area contributed by atoms with Gasteiger partial charge in [-0.1, -0.05) is 0 Å².